The largest absolute Gasteiger partial charge is 0.505 e. The Hall–Kier alpha value is -0.870. The second-order valence-electron chi connectivity index (χ2n) is 2.68. The second kappa shape index (κ2) is 3.12. The van der Waals surface area contributed by atoms with Crippen molar-refractivity contribution >= 4 is 38.9 Å². The van der Waals surface area contributed by atoms with E-state index in [1.165, 1.54) is 11.8 Å². The molecule has 2 aromatic rings. The fraction of sp³-hybridized carbons (Fsp3) is 0.111. The Morgan fingerprint density at radius 2 is 2.31 bits per heavy atom. The highest BCUT2D eigenvalue weighted by atomic mass is 32.2. The fourth-order valence-corrected chi connectivity index (χ4v) is 2.91. The number of rotatable bonds is 1. The Kier molecular flexibility index (Phi) is 2.09. The van der Waals surface area contributed by atoms with E-state index < -0.39 is 0 Å². The van der Waals surface area contributed by atoms with Crippen LogP contribution in [0, 0.1) is 0 Å². The number of anilines is 1. The first kappa shape index (κ1) is 8.72. The standard InChI is InChI=1S/C9H9NOS2/c1-12-9-5-2-3-13-7(5)4-6(10)8(9)11/h2-4,11H,10H2,1H3. The van der Waals surface area contributed by atoms with Crippen LogP contribution in [0.4, 0.5) is 5.69 Å². The summed E-state index contributed by atoms with van der Waals surface area (Å²) in [6, 6.07) is 3.82. The molecule has 1 aromatic carbocycles. The van der Waals surface area contributed by atoms with E-state index in [0.717, 1.165) is 15.0 Å². The van der Waals surface area contributed by atoms with Gasteiger partial charge in [-0.3, -0.25) is 0 Å². The zero-order valence-electron chi connectivity index (χ0n) is 7.07. The van der Waals surface area contributed by atoms with Crippen LogP contribution in [-0.2, 0) is 0 Å². The summed E-state index contributed by atoms with van der Waals surface area (Å²) in [5, 5.41) is 12.8. The SMILES string of the molecule is CSc1c(O)c(N)cc2sccc12. The van der Waals surface area contributed by atoms with Gasteiger partial charge in [0.15, 0.2) is 5.75 Å². The van der Waals surface area contributed by atoms with E-state index in [0.29, 0.717) is 5.69 Å². The van der Waals surface area contributed by atoms with Gasteiger partial charge in [0.25, 0.3) is 0 Å². The van der Waals surface area contributed by atoms with Gasteiger partial charge in [-0.1, -0.05) is 0 Å². The molecule has 0 aliphatic rings. The summed E-state index contributed by atoms with van der Waals surface area (Å²) >= 11 is 3.16. The number of hydrogen-bond acceptors (Lipinski definition) is 4. The summed E-state index contributed by atoms with van der Waals surface area (Å²) in [6.45, 7) is 0. The van der Waals surface area contributed by atoms with Gasteiger partial charge in [-0.25, -0.2) is 0 Å². The quantitative estimate of drug-likeness (QED) is 0.433. The number of thioether (sulfide) groups is 1. The molecule has 68 valence electrons. The smallest absolute Gasteiger partial charge is 0.152 e. The van der Waals surface area contributed by atoms with Crippen LogP contribution >= 0.6 is 23.1 Å². The zero-order valence-corrected chi connectivity index (χ0v) is 8.71. The first-order valence-corrected chi connectivity index (χ1v) is 5.87. The van der Waals surface area contributed by atoms with E-state index in [4.69, 9.17) is 5.73 Å². The molecule has 1 heterocycles. The van der Waals surface area contributed by atoms with Crippen LogP contribution in [0.2, 0.25) is 0 Å². The van der Waals surface area contributed by atoms with Crippen LogP contribution < -0.4 is 5.73 Å². The van der Waals surface area contributed by atoms with Crippen LogP contribution in [-0.4, -0.2) is 11.4 Å². The summed E-state index contributed by atoms with van der Waals surface area (Å²) in [4.78, 5) is 0.872. The van der Waals surface area contributed by atoms with E-state index in [1.54, 1.807) is 11.3 Å². The predicted molar refractivity (Wildman–Crippen MR) is 59.7 cm³/mol. The van der Waals surface area contributed by atoms with Gasteiger partial charge in [0.05, 0.1) is 10.6 Å². The molecule has 2 nitrogen and oxygen atoms in total. The third kappa shape index (κ3) is 1.26. The highest BCUT2D eigenvalue weighted by molar-refractivity contribution is 7.99. The summed E-state index contributed by atoms with van der Waals surface area (Å²) in [7, 11) is 0. The molecule has 3 N–H and O–H groups in total. The molecule has 0 aliphatic carbocycles. The van der Waals surface area contributed by atoms with Gasteiger partial charge < -0.3 is 10.8 Å². The van der Waals surface area contributed by atoms with Gasteiger partial charge in [-0.15, -0.1) is 23.1 Å². The molecule has 0 bridgehead atoms. The van der Waals surface area contributed by atoms with Crippen molar-refractivity contribution in [2.75, 3.05) is 12.0 Å². The molecule has 0 aliphatic heterocycles. The van der Waals surface area contributed by atoms with E-state index >= 15 is 0 Å². The number of phenolic OH excluding ortho intramolecular Hbond substituents is 1. The minimum atomic E-state index is 0.207. The molecule has 0 unspecified atom stereocenters. The molecule has 0 fully saturated rings. The molecule has 4 heteroatoms. The van der Waals surface area contributed by atoms with Crippen LogP contribution in [0.15, 0.2) is 22.4 Å². The Morgan fingerprint density at radius 1 is 1.54 bits per heavy atom. The lowest BCUT2D eigenvalue weighted by atomic mass is 10.2. The lowest BCUT2D eigenvalue weighted by Gasteiger charge is -2.05. The van der Waals surface area contributed by atoms with Gasteiger partial charge in [0.1, 0.15) is 0 Å². The molecule has 0 radical (unpaired) electrons. The molecule has 13 heavy (non-hydrogen) atoms. The monoisotopic (exact) mass is 211 g/mol. The molecular weight excluding hydrogens is 202 g/mol. The number of thiophene rings is 1. The molecule has 0 amide bonds. The first-order chi connectivity index (χ1) is 6.24. The summed E-state index contributed by atoms with van der Waals surface area (Å²) < 4.78 is 1.12. The summed E-state index contributed by atoms with van der Waals surface area (Å²) in [5.74, 6) is 0.207. The normalized spacial score (nSPS) is 10.8. The van der Waals surface area contributed by atoms with E-state index in [9.17, 15) is 5.11 Å². The number of fused-ring (bicyclic) bond motifs is 1. The van der Waals surface area contributed by atoms with E-state index in [2.05, 4.69) is 0 Å². The maximum Gasteiger partial charge on any atom is 0.152 e. The van der Waals surface area contributed by atoms with Crippen molar-refractivity contribution in [2.24, 2.45) is 0 Å². The third-order valence-electron chi connectivity index (χ3n) is 1.92. The number of nitrogens with two attached hydrogens (primary N) is 1. The zero-order chi connectivity index (χ0) is 9.42. The minimum Gasteiger partial charge on any atom is -0.505 e. The number of hydrogen-bond donors (Lipinski definition) is 2. The third-order valence-corrected chi connectivity index (χ3v) is 3.60. The maximum atomic E-state index is 9.67. The Morgan fingerprint density at radius 3 is 3.00 bits per heavy atom. The van der Waals surface area contributed by atoms with Gasteiger partial charge in [0, 0.05) is 10.1 Å². The number of nitrogen functional groups attached to an aromatic ring is 1. The first-order valence-electron chi connectivity index (χ1n) is 3.76. The van der Waals surface area contributed by atoms with Crippen molar-refractivity contribution in [1.82, 2.24) is 0 Å². The van der Waals surface area contributed by atoms with E-state index in [-0.39, 0.29) is 5.75 Å². The topological polar surface area (TPSA) is 46.2 Å². The summed E-state index contributed by atoms with van der Waals surface area (Å²) in [6.07, 6.45) is 1.94. The molecular formula is C9H9NOS2. The van der Waals surface area contributed by atoms with Crippen molar-refractivity contribution in [3.63, 3.8) is 0 Å². The van der Waals surface area contributed by atoms with Gasteiger partial charge in [-0.2, -0.15) is 0 Å². The lowest BCUT2D eigenvalue weighted by Crippen LogP contribution is -1.86. The Balaban J connectivity index is 2.87. The second-order valence-corrected chi connectivity index (χ2v) is 4.44. The molecule has 2 rings (SSSR count). The highest BCUT2D eigenvalue weighted by Crippen LogP contribution is 2.40. The average Bonchev–Trinajstić information content (AvgIpc) is 2.54. The van der Waals surface area contributed by atoms with Crippen LogP contribution in [0.3, 0.4) is 0 Å². The van der Waals surface area contributed by atoms with Gasteiger partial charge >= 0.3 is 0 Å². The number of phenols is 1. The van der Waals surface area contributed by atoms with E-state index in [1.807, 2.05) is 23.8 Å². The molecule has 1 aromatic heterocycles. The fourth-order valence-electron chi connectivity index (χ4n) is 1.30. The van der Waals surface area contributed by atoms with Crippen molar-refractivity contribution in [3.8, 4) is 5.75 Å². The maximum absolute atomic E-state index is 9.67. The number of benzene rings is 1. The van der Waals surface area contributed by atoms with Crippen LogP contribution in [0.1, 0.15) is 0 Å². The Bertz CT molecular complexity index is 450. The minimum absolute atomic E-state index is 0.207. The predicted octanol–water partition coefficient (Wildman–Crippen LogP) is 2.91. The van der Waals surface area contributed by atoms with Crippen molar-refractivity contribution in [1.29, 1.82) is 0 Å². The Labute approximate surface area is 84.4 Å². The molecule has 0 spiro atoms. The van der Waals surface area contributed by atoms with Crippen molar-refractivity contribution in [2.45, 2.75) is 4.90 Å². The van der Waals surface area contributed by atoms with Gasteiger partial charge in [-0.05, 0) is 23.8 Å². The molecule has 0 saturated heterocycles. The average molecular weight is 211 g/mol. The molecule has 0 atom stereocenters. The lowest BCUT2D eigenvalue weighted by molar-refractivity contribution is 0.467. The van der Waals surface area contributed by atoms with Crippen molar-refractivity contribution in [3.05, 3.63) is 17.5 Å². The summed E-state index contributed by atoms with van der Waals surface area (Å²) in [5.41, 5.74) is 6.12. The highest BCUT2D eigenvalue weighted by Gasteiger charge is 2.10. The van der Waals surface area contributed by atoms with Crippen LogP contribution in [0.5, 0.6) is 5.75 Å². The van der Waals surface area contributed by atoms with Crippen molar-refractivity contribution < 1.29 is 5.11 Å². The van der Waals surface area contributed by atoms with Gasteiger partial charge in [0.2, 0.25) is 0 Å². The van der Waals surface area contributed by atoms with Crippen LogP contribution in [0.25, 0.3) is 10.1 Å². The number of aromatic hydroxyl groups is 1. The molecule has 0 saturated carbocycles.